The first-order valence-corrected chi connectivity index (χ1v) is 15.3. The number of hydrogen-bond acceptors (Lipinski definition) is 8. The van der Waals surface area contributed by atoms with Gasteiger partial charge in [-0.2, -0.15) is 15.1 Å². The molecule has 1 aliphatic carbocycles. The molecular weight excluding hydrogens is 557 g/mol. The van der Waals surface area contributed by atoms with E-state index in [9.17, 15) is 5.11 Å². The van der Waals surface area contributed by atoms with Crippen LogP contribution in [-0.2, 0) is 0 Å². The molecule has 7 rings (SSSR count). The predicted octanol–water partition coefficient (Wildman–Crippen LogP) is 5.66. The molecule has 9 nitrogen and oxygen atoms in total. The summed E-state index contributed by atoms with van der Waals surface area (Å²) in [4.78, 5) is 18.6. The maximum atomic E-state index is 16.7. The second-order valence-electron chi connectivity index (χ2n) is 12.9. The van der Waals surface area contributed by atoms with Gasteiger partial charge in [0.2, 0.25) is 0 Å². The number of piperidine rings is 2. The second-order valence-corrected chi connectivity index (χ2v) is 13.3. The van der Waals surface area contributed by atoms with Crippen LogP contribution in [-0.4, -0.2) is 80.1 Å². The number of fused-ring (bicyclic) bond motifs is 3. The summed E-state index contributed by atoms with van der Waals surface area (Å²) >= 11 is 6.76. The molecule has 2 aliphatic heterocycles. The van der Waals surface area contributed by atoms with E-state index in [1.54, 1.807) is 12.4 Å². The van der Waals surface area contributed by atoms with Gasteiger partial charge in [-0.05, 0) is 77.6 Å². The maximum Gasteiger partial charge on any atom is 0.319 e. The van der Waals surface area contributed by atoms with Crippen LogP contribution >= 0.6 is 11.6 Å². The lowest BCUT2D eigenvalue weighted by Crippen LogP contribution is -2.50. The number of benzene rings is 1. The molecule has 11 heteroatoms. The number of halogens is 2. The van der Waals surface area contributed by atoms with Crippen LogP contribution in [0.2, 0.25) is 5.02 Å². The molecule has 3 fully saturated rings. The molecule has 0 radical (unpaired) electrons. The molecule has 2 saturated heterocycles. The van der Waals surface area contributed by atoms with Gasteiger partial charge in [-0.3, -0.25) is 10.1 Å². The van der Waals surface area contributed by atoms with Crippen LogP contribution in [0.25, 0.3) is 33.1 Å². The van der Waals surface area contributed by atoms with E-state index in [-0.39, 0.29) is 22.6 Å². The summed E-state index contributed by atoms with van der Waals surface area (Å²) < 4.78 is 23.1. The fourth-order valence-electron chi connectivity index (χ4n) is 7.72. The number of pyridine rings is 1. The number of aromatic nitrogens is 5. The third-order valence-electron chi connectivity index (χ3n) is 9.78. The van der Waals surface area contributed by atoms with Crippen LogP contribution in [0.5, 0.6) is 6.01 Å². The van der Waals surface area contributed by atoms with Crippen molar-refractivity contribution in [1.82, 2.24) is 30.0 Å². The Balaban J connectivity index is 1.35. The minimum atomic E-state index is -0.882. The van der Waals surface area contributed by atoms with Crippen LogP contribution in [0.3, 0.4) is 0 Å². The van der Waals surface area contributed by atoms with Gasteiger partial charge in [-0.1, -0.05) is 18.0 Å². The Kier molecular flexibility index (Phi) is 6.79. The van der Waals surface area contributed by atoms with Gasteiger partial charge in [0.15, 0.2) is 5.82 Å². The molecule has 3 aliphatic rings. The number of nitrogens with one attached hydrogen (secondary N) is 1. The van der Waals surface area contributed by atoms with Crippen LogP contribution in [0.4, 0.5) is 10.2 Å². The Hall–Kier alpha value is -3.08. The van der Waals surface area contributed by atoms with E-state index in [0.717, 1.165) is 49.7 Å². The van der Waals surface area contributed by atoms with Crippen molar-refractivity contribution in [1.29, 1.82) is 0 Å². The number of aromatic amines is 1. The number of aryl methyl sites for hydroxylation is 1. The zero-order valence-electron chi connectivity index (χ0n) is 24.4. The number of likely N-dealkylation sites (tertiary alicyclic amines) is 1. The fourth-order valence-corrected chi connectivity index (χ4v) is 7.97. The van der Waals surface area contributed by atoms with Crippen molar-refractivity contribution >= 4 is 39.2 Å². The molecule has 42 heavy (non-hydrogen) atoms. The van der Waals surface area contributed by atoms with Gasteiger partial charge in [-0.15, -0.1) is 0 Å². The Morgan fingerprint density at radius 2 is 1.95 bits per heavy atom. The van der Waals surface area contributed by atoms with Gasteiger partial charge >= 0.3 is 6.01 Å². The Morgan fingerprint density at radius 1 is 1.14 bits per heavy atom. The highest BCUT2D eigenvalue weighted by Crippen LogP contribution is 2.47. The van der Waals surface area contributed by atoms with E-state index in [1.807, 2.05) is 24.8 Å². The molecule has 0 amide bonds. The highest BCUT2D eigenvalue weighted by atomic mass is 35.5. The van der Waals surface area contributed by atoms with E-state index in [4.69, 9.17) is 21.3 Å². The number of aliphatic hydroxyl groups is 1. The average molecular weight is 594 g/mol. The molecular formula is C31H37ClFN7O2. The summed E-state index contributed by atoms with van der Waals surface area (Å²) in [6.45, 7) is 6.34. The van der Waals surface area contributed by atoms with Gasteiger partial charge < -0.3 is 19.6 Å². The number of anilines is 1. The lowest BCUT2D eigenvalue weighted by atomic mass is 9.76. The molecule has 1 saturated carbocycles. The lowest BCUT2D eigenvalue weighted by molar-refractivity contribution is 0.0132. The van der Waals surface area contributed by atoms with Crippen molar-refractivity contribution < 1.29 is 14.2 Å². The number of nitrogens with zero attached hydrogens (tertiary/aromatic N) is 6. The smallest absolute Gasteiger partial charge is 0.319 e. The van der Waals surface area contributed by atoms with Gasteiger partial charge in [0, 0.05) is 41.7 Å². The summed E-state index contributed by atoms with van der Waals surface area (Å²) in [6, 6.07) is 2.51. The minimum absolute atomic E-state index is 0.0458. The molecule has 0 spiro atoms. The molecule has 4 aromatic rings. The molecule has 0 bridgehead atoms. The van der Waals surface area contributed by atoms with Gasteiger partial charge in [0.25, 0.3) is 0 Å². The Labute approximate surface area is 249 Å². The molecule has 1 aromatic carbocycles. The molecule has 222 valence electrons. The summed E-state index contributed by atoms with van der Waals surface area (Å²) in [5, 5.41) is 19.6. The monoisotopic (exact) mass is 593 g/mol. The second kappa shape index (κ2) is 10.3. The summed E-state index contributed by atoms with van der Waals surface area (Å²) in [7, 11) is 2.20. The first kappa shape index (κ1) is 27.7. The number of β-amino-alcohol motifs (C(OH)–C–C–N with tert-alkyl or cyclic N) is 1. The molecule has 2 N–H and O–H groups in total. The molecule has 0 unspecified atom stereocenters. The first-order chi connectivity index (χ1) is 20.2. The Bertz CT molecular complexity index is 1680. The van der Waals surface area contributed by atoms with Gasteiger partial charge in [0.1, 0.15) is 17.0 Å². The predicted molar refractivity (Wildman–Crippen MR) is 162 cm³/mol. The summed E-state index contributed by atoms with van der Waals surface area (Å²) in [5.41, 5.74) is 1.40. The van der Waals surface area contributed by atoms with Crippen molar-refractivity contribution in [3.63, 3.8) is 0 Å². The molecule has 3 aromatic heterocycles. The summed E-state index contributed by atoms with van der Waals surface area (Å²) in [6.07, 6.45) is 10.4. The molecule has 5 heterocycles. The Morgan fingerprint density at radius 3 is 2.79 bits per heavy atom. The number of ether oxygens (including phenoxy) is 1. The van der Waals surface area contributed by atoms with Crippen LogP contribution in [0.15, 0.2) is 18.5 Å². The third-order valence-corrected chi connectivity index (χ3v) is 10.3. The lowest BCUT2D eigenvalue weighted by Gasteiger charge is -2.44. The topological polar surface area (TPSA) is 103 Å². The van der Waals surface area contributed by atoms with E-state index in [0.29, 0.717) is 59.3 Å². The quantitative estimate of drug-likeness (QED) is 0.305. The first-order valence-electron chi connectivity index (χ1n) is 14.9. The normalized spacial score (nSPS) is 26.7. The minimum Gasteiger partial charge on any atom is -0.463 e. The van der Waals surface area contributed by atoms with Crippen molar-refractivity contribution in [2.75, 3.05) is 38.2 Å². The van der Waals surface area contributed by atoms with E-state index in [1.165, 1.54) is 6.42 Å². The van der Waals surface area contributed by atoms with Crippen molar-refractivity contribution in [3.05, 3.63) is 34.9 Å². The van der Waals surface area contributed by atoms with Crippen LogP contribution < -0.4 is 9.64 Å². The van der Waals surface area contributed by atoms with Crippen LogP contribution in [0, 0.1) is 18.2 Å². The zero-order chi connectivity index (χ0) is 29.2. The zero-order valence-corrected chi connectivity index (χ0v) is 25.1. The summed E-state index contributed by atoms with van der Waals surface area (Å²) in [5.74, 6) is -0.0629. The number of hydrogen-bond donors (Lipinski definition) is 2. The van der Waals surface area contributed by atoms with E-state index in [2.05, 4.69) is 32.1 Å². The average Bonchev–Trinajstić information content (AvgIpc) is 3.61. The third kappa shape index (κ3) is 4.59. The van der Waals surface area contributed by atoms with Gasteiger partial charge in [0.05, 0.1) is 34.3 Å². The van der Waals surface area contributed by atoms with Crippen molar-refractivity contribution in [3.8, 4) is 17.3 Å². The largest absolute Gasteiger partial charge is 0.463 e. The highest BCUT2D eigenvalue weighted by Gasteiger charge is 2.47. The van der Waals surface area contributed by atoms with Crippen molar-refractivity contribution in [2.24, 2.45) is 5.41 Å². The number of rotatable bonds is 5. The maximum absolute atomic E-state index is 16.7. The van der Waals surface area contributed by atoms with Gasteiger partial charge in [-0.25, -0.2) is 4.39 Å². The number of H-pyrrole nitrogens is 1. The SMILES string of the molecule is Cc1cc2[nH]ncc2c(-c2ncc3c(N4CCC[C@@](C)(O)C4)nc(OC[C@]45CCC[C@H]4N(C)CCC5)nc3c2F)c1Cl. The van der Waals surface area contributed by atoms with E-state index < -0.39 is 11.4 Å². The van der Waals surface area contributed by atoms with Crippen molar-refractivity contribution in [2.45, 2.75) is 70.4 Å². The van der Waals surface area contributed by atoms with Crippen LogP contribution in [0.1, 0.15) is 57.4 Å². The van der Waals surface area contributed by atoms with E-state index >= 15 is 4.39 Å². The molecule has 3 atom stereocenters. The fraction of sp³-hybridized carbons (Fsp3) is 0.548. The highest BCUT2D eigenvalue weighted by molar-refractivity contribution is 6.35. The standard InChI is InChI=1S/C31H37ClFN7O2/c1-18-13-21-19(15-35-38-21)23(24(18)32)27-25(33)26-20(14-34-27)28(40-12-5-8-30(2,41)16-40)37-29(36-26)42-17-31-9-4-7-22(31)39(3)11-6-10-31/h13-15,22,41H,4-12,16-17H2,1-3H3,(H,35,38)/t22-,30-,31-/m1/s1.